The van der Waals surface area contributed by atoms with Crippen LogP contribution in [0.15, 0.2) is 42.6 Å². The van der Waals surface area contributed by atoms with Gasteiger partial charge in [-0.3, -0.25) is 14.7 Å². The number of pyridine rings is 1. The molecule has 2 aliphatic heterocycles. The molecule has 1 aliphatic carbocycles. The molecule has 5 heteroatoms. The van der Waals surface area contributed by atoms with Crippen LogP contribution in [0.4, 0.5) is 0 Å². The second kappa shape index (κ2) is 9.09. The average Bonchev–Trinajstić information content (AvgIpc) is 2.98. The van der Waals surface area contributed by atoms with Gasteiger partial charge in [0.2, 0.25) is 5.91 Å². The number of fused-ring (bicyclic) bond motifs is 2. The minimum atomic E-state index is 0.195. The molecule has 1 amide bonds. The molecule has 31 heavy (non-hydrogen) atoms. The van der Waals surface area contributed by atoms with Gasteiger partial charge in [-0.2, -0.15) is 0 Å². The number of rotatable bonds is 3. The Balaban J connectivity index is 1.29. The molecule has 0 saturated carbocycles. The van der Waals surface area contributed by atoms with Crippen molar-refractivity contribution in [2.75, 3.05) is 46.3 Å². The van der Waals surface area contributed by atoms with Crippen LogP contribution in [0.5, 0.6) is 0 Å². The first-order valence-corrected chi connectivity index (χ1v) is 11.9. The summed E-state index contributed by atoms with van der Waals surface area (Å²) >= 11 is 0. The van der Waals surface area contributed by atoms with E-state index in [9.17, 15) is 4.79 Å². The highest BCUT2D eigenvalue weighted by molar-refractivity contribution is 5.76. The van der Waals surface area contributed by atoms with E-state index in [0.29, 0.717) is 11.8 Å². The number of carbonyl (C=O) groups is 1. The van der Waals surface area contributed by atoms with Gasteiger partial charge in [0.05, 0.1) is 11.7 Å². The lowest BCUT2D eigenvalue weighted by Gasteiger charge is -2.40. The highest BCUT2D eigenvalue weighted by Gasteiger charge is 2.33. The molecular weight excluding hydrogens is 384 g/mol. The average molecular weight is 419 g/mol. The fraction of sp³-hybridized carbons (Fsp3) is 0.538. The Bertz CT molecular complexity index is 866. The van der Waals surface area contributed by atoms with E-state index in [1.165, 1.54) is 22.4 Å². The highest BCUT2D eigenvalue weighted by atomic mass is 16.2. The number of hydrogen-bond donors (Lipinski definition) is 0. The van der Waals surface area contributed by atoms with E-state index in [1.54, 1.807) is 0 Å². The van der Waals surface area contributed by atoms with Crippen LogP contribution in [0.2, 0.25) is 0 Å². The summed E-state index contributed by atoms with van der Waals surface area (Å²) < 4.78 is 0. The Morgan fingerprint density at radius 1 is 0.935 bits per heavy atom. The monoisotopic (exact) mass is 418 g/mol. The van der Waals surface area contributed by atoms with E-state index in [0.717, 1.165) is 71.4 Å². The number of piperazine rings is 1. The molecule has 5 rings (SSSR count). The number of benzene rings is 1. The van der Waals surface area contributed by atoms with Crippen molar-refractivity contribution in [2.45, 2.75) is 38.1 Å². The molecule has 3 aliphatic rings. The zero-order valence-corrected chi connectivity index (χ0v) is 18.7. The predicted octanol–water partition coefficient (Wildman–Crippen LogP) is 3.15. The third-order valence-electron chi connectivity index (χ3n) is 7.53. The maximum atomic E-state index is 13.0. The number of carbonyl (C=O) groups excluding carboxylic acids is 1. The van der Waals surface area contributed by atoms with E-state index in [2.05, 4.69) is 58.1 Å². The molecule has 1 unspecified atom stereocenters. The molecule has 164 valence electrons. The molecule has 0 radical (unpaired) electrons. The van der Waals surface area contributed by atoms with Crippen molar-refractivity contribution < 1.29 is 4.79 Å². The molecule has 5 nitrogen and oxygen atoms in total. The number of amides is 1. The summed E-state index contributed by atoms with van der Waals surface area (Å²) in [6.07, 6.45) is 7.09. The molecule has 0 spiro atoms. The van der Waals surface area contributed by atoms with Crippen LogP contribution in [0, 0.1) is 5.92 Å². The van der Waals surface area contributed by atoms with Gasteiger partial charge in [-0.1, -0.05) is 30.3 Å². The first kappa shape index (κ1) is 20.7. The SMILES string of the molecule is CN1CCC(CC(=O)N2CCN(C3c4ccccc4CCc4cccnc43)CC2)CC1. The summed E-state index contributed by atoms with van der Waals surface area (Å²) in [5, 5.41) is 0. The number of aryl methyl sites for hydroxylation is 2. The lowest BCUT2D eigenvalue weighted by atomic mass is 9.93. The van der Waals surface area contributed by atoms with Crippen LogP contribution in [-0.2, 0) is 17.6 Å². The molecule has 1 aromatic carbocycles. The summed E-state index contributed by atoms with van der Waals surface area (Å²) in [5.74, 6) is 0.917. The van der Waals surface area contributed by atoms with E-state index in [1.807, 2.05) is 6.20 Å². The zero-order valence-electron chi connectivity index (χ0n) is 18.7. The second-order valence-electron chi connectivity index (χ2n) is 9.52. The molecule has 2 fully saturated rings. The third-order valence-corrected chi connectivity index (χ3v) is 7.53. The Labute approximate surface area is 186 Å². The normalized spacial score (nSPS) is 23.1. The number of aromatic nitrogens is 1. The summed E-state index contributed by atoms with van der Waals surface area (Å²) in [6, 6.07) is 13.4. The Morgan fingerprint density at radius 3 is 2.45 bits per heavy atom. The summed E-state index contributed by atoms with van der Waals surface area (Å²) in [7, 11) is 2.18. The summed E-state index contributed by atoms with van der Waals surface area (Å²) in [5.41, 5.74) is 5.40. The van der Waals surface area contributed by atoms with Crippen LogP contribution in [-0.4, -0.2) is 71.9 Å². The van der Waals surface area contributed by atoms with Gasteiger partial charge >= 0.3 is 0 Å². The van der Waals surface area contributed by atoms with Gasteiger partial charge in [-0.25, -0.2) is 0 Å². The Kier molecular flexibility index (Phi) is 6.06. The maximum absolute atomic E-state index is 13.0. The van der Waals surface area contributed by atoms with E-state index >= 15 is 0 Å². The van der Waals surface area contributed by atoms with Crippen molar-refractivity contribution in [1.82, 2.24) is 19.7 Å². The van der Waals surface area contributed by atoms with E-state index in [4.69, 9.17) is 4.98 Å². The van der Waals surface area contributed by atoms with Crippen LogP contribution in [0.25, 0.3) is 0 Å². The Hall–Kier alpha value is -2.24. The van der Waals surface area contributed by atoms with Crippen molar-refractivity contribution in [1.29, 1.82) is 0 Å². The zero-order chi connectivity index (χ0) is 21.2. The lowest BCUT2D eigenvalue weighted by Crippen LogP contribution is -2.50. The standard InChI is InChI=1S/C26H34N4O/c1-28-13-10-20(11-14-28)19-24(31)29-15-17-30(18-16-29)26-23-7-3-2-5-21(23)8-9-22-6-4-12-27-25(22)26/h2-7,12,20,26H,8-11,13-19H2,1H3. The highest BCUT2D eigenvalue weighted by Crippen LogP contribution is 2.36. The summed E-state index contributed by atoms with van der Waals surface area (Å²) in [4.78, 5) is 24.8. The van der Waals surface area contributed by atoms with Crippen molar-refractivity contribution in [2.24, 2.45) is 5.92 Å². The lowest BCUT2D eigenvalue weighted by molar-refractivity contribution is -0.134. The fourth-order valence-electron chi connectivity index (χ4n) is 5.60. The van der Waals surface area contributed by atoms with Gasteiger partial charge < -0.3 is 9.80 Å². The largest absolute Gasteiger partial charge is 0.340 e. The van der Waals surface area contributed by atoms with Gasteiger partial charge in [0.15, 0.2) is 0 Å². The smallest absolute Gasteiger partial charge is 0.222 e. The first-order valence-electron chi connectivity index (χ1n) is 11.9. The number of hydrogen-bond acceptors (Lipinski definition) is 4. The van der Waals surface area contributed by atoms with Crippen LogP contribution in [0.1, 0.15) is 47.7 Å². The molecule has 2 aromatic rings. The van der Waals surface area contributed by atoms with Crippen molar-refractivity contribution >= 4 is 5.91 Å². The Morgan fingerprint density at radius 2 is 1.65 bits per heavy atom. The van der Waals surface area contributed by atoms with Crippen molar-refractivity contribution in [3.05, 3.63) is 65.0 Å². The van der Waals surface area contributed by atoms with Crippen LogP contribution < -0.4 is 0 Å². The topological polar surface area (TPSA) is 39.7 Å². The minimum Gasteiger partial charge on any atom is -0.340 e. The number of likely N-dealkylation sites (tertiary alicyclic amines) is 1. The third kappa shape index (κ3) is 4.39. The first-order chi connectivity index (χ1) is 15.2. The van der Waals surface area contributed by atoms with Gasteiger partial charge in [-0.15, -0.1) is 0 Å². The number of nitrogens with zero attached hydrogens (tertiary/aromatic N) is 4. The van der Waals surface area contributed by atoms with Gasteiger partial charge in [0.1, 0.15) is 0 Å². The van der Waals surface area contributed by atoms with Crippen molar-refractivity contribution in [3.63, 3.8) is 0 Å². The molecular formula is C26H34N4O. The fourth-order valence-corrected chi connectivity index (χ4v) is 5.60. The van der Waals surface area contributed by atoms with E-state index < -0.39 is 0 Å². The van der Waals surface area contributed by atoms with Crippen LogP contribution in [0.3, 0.4) is 0 Å². The van der Waals surface area contributed by atoms with E-state index in [-0.39, 0.29) is 6.04 Å². The predicted molar refractivity (Wildman–Crippen MR) is 123 cm³/mol. The molecule has 0 bridgehead atoms. The molecule has 0 N–H and O–H groups in total. The molecule has 3 heterocycles. The van der Waals surface area contributed by atoms with Crippen LogP contribution >= 0.6 is 0 Å². The second-order valence-corrected chi connectivity index (χ2v) is 9.52. The van der Waals surface area contributed by atoms with Crippen molar-refractivity contribution in [3.8, 4) is 0 Å². The van der Waals surface area contributed by atoms with Gasteiger partial charge in [-0.05, 0) is 74.5 Å². The molecule has 1 atom stereocenters. The maximum Gasteiger partial charge on any atom is 0.222 e. The summed E-state index contributed by atoms with van der Waals surface area (Å²) in [6.45, 7) is 5.72. The molecule has 1 aromatic heterocycles. The van der Waals surface area contributed by atoms with Gasteiger partial charge in [0, 0.05) is 38.8 Å². The minimum absolute atomic E-state index is 0.195. The quantitative estimate of drug-likeness (QED) is 0.768. The number of piperidine rings is 1. The van der Waals surface area contributed by atoms with Gasteiger partial charge in [0.25, 0.3) is 0 Å². The molecule has 2 saturated heterocycles.